The number of thioether (sulfide) groups is 1. The summed E-state index contributed by atoms with van der Waals surface area (Å²) in [6.45, 7) is 1.84. The van der Waals surface area contributed by atoms with Gasteiger partial charge >= 0.3 is 5.97 Å². The lowest BCUT2D eigenvalue weighted by Crippen LogP contribution is -2.00. The molecule has 1 N–H and O–H groups in total. The van der Waals surface area contributed by atoms with Crippen LogP contribution in [0.3, 0.4) is 0 Å². The highest BCUT2D eigenvalue weighted by Crippen LogP contribution is 2.25. The smallest absolute Gasteiger partial charge is 0.335 e. The van der Waals surface area contributed by atoms with Gasteiger partial charge in [0.2, 0.25) is 0 Å². The SMILES string of the molecule is Cc1nsc(SCc2ccccc2C(=O)O)n1. The van der Waals surface area contributed by atoms with Gasteiger partial charge in [-0.15, -0.1) is 0 Å². The van der Waals surface area contributed by atoms with Crippen LogP contribution in [0.5, 0.6) is 0 Å². The molecule has 1 heterocycles. The highest BCUT2D eigenvalue weighted by Gasteiger charge is 2.10. The number of carbonyl (C=O) groups is 1. The van der Waals surface area contributed by atoms with Gasteiger partial charge in [0.1, 0.15) is 5.82 Å². The number of aryl methyl sites for hydroxylation is 1. The second-order valence-corrected chi connectivity index (χ2v) is 5.33. The van der Waals surface area contributed by atoms with Gasteiger partial charge in [0.05, 0.1) is 5.56 Å². The third kappa shape index (κ3) is 3.04. The van der Waals surface area contributed by atoms with Crippen LogP contribution in [0.1, 0.15) is 21.7 Å². The summed E-state index contributed by atoms with van der Waals surface area (Å²) in [6, 6.07) is 7.01. The van der Waals surface area contributed by atoms with E-state index in [0.29, 0.717) is 11.3 Å². The van der Waals surface area contributed by atoms with Crippen LogP contribution in [0.2, 0.25) is 0 Å². The standard InChI is InChI=1S/C11H10N2O2S2/c1-7-12-11(17-13-7)16-6-8-4-2-3-5-9(8)10(14)15/h2-5H,6H2,1H3,(H,14,15). The fraction of sp³-hybridized carbons (Fsp3) is 0.182. The molecule has 2 aromatic rings. The molecule has 0 saturated carbocycles. The Bertz CT molecular complexity index is 540. The number of aromatic nitrogens is 2. The minimum atomic E-state index is -0.894. The molecule has 17 heavy (non-hydrogen) atoms. The molecule has 0 atom stereocenters. The first kappa shape index (κ1) is 12.1. The lowest BCUT2D eigenvalue weighted by molar-refractivity contribution is 0.0696. The molecule has 1 aromatic heterocycles. The Labute approximate surface area is 107 Å². The topological polar surface area (TPSA) is 63.1 Å². The first-order valence-electron chi connectivity index (χ1n) is 4.91. The van der Waals surface area contributed by atoms with E-state index in [9.17, 15) is 4.79 Å². The predicted octanol–water partition coefficient (Wildman–Crippen LogP) is 2.84. The molecule has 0 unspecified atom stereocenters. The molecular formula is C11H10N2O2S2. The average Bonchev–Trinajstić information content (AvgIpc) is 2.73. The summed E-state index contributed by atoms with van der Waals surface area (Å²) < 4.78 is 4.94. The normalized spacial score (nSPS) is 10.4. The monoisotopic (exact) mass is 266 g/mol. The summed E-state index contributed by atoms with van der Waals surface area (Å²) >= 11 is 2.84. The van der Waals surface area contributed by atoms with E-state index in [1.807, 2.05) is 19.1 Å². The number of benzene rings is 1. The number of carboxylic acid groups (broad SMARTS) is 1. The summed E-state index contributed by atoms with van der Waals surface area (Å²) in [4.78, 5) is 15.2. The van der Waals surface area contributed by atoms with Crippen LogP contribution in [0.25, 0.3) is 0 Å². The van der Waals surface area contributed by atoms with Gasteiger partial charge in [-0.05, 0) is 30.1 Å². The third-order valence-corrected chi connectivity index (χ3v) is 4.08. The zero-order valence-corrected chi connectivity index (χ0v) is 10.7. The number of hydrogen-bond donors (Lipinski definition) is 1. The Morgan fingerprint density at radius 2 is 2.24 bits per heavy atom. The fourth-order valence-corrected chi connectivity index (χ4v) is 2.98. The van der Waals surface area contributed by atoms with E-state index >= 15 is 0 Å². The number of carboxylic acids is 1. The van der Waals surface area contributed by atoms with Gasteiger partial charge in [-0.25, -0.2) is 9.78 Å². The molecule has 0 saturated heterocycles. The molecule has 1 aromatic carbocycles. The average molecular weight is 266 g/mol. The molecule has 0 spiro atoms. The Balaban J connectivity index is 2.11. The minimum Gasteiger partial charge on any atom is -0.478 e. The Morgan fingerprint density at radius 3 is 2.88 bits per heavy atom. The molecule has 6 heteroatoms. The van der Waals surface area contributed by atoms with Crippen molar-refractivity contribution < 1.29 is 9.90 Å². The van der Waals surface area contributed by atoms with Gasteiger partial charge in [0.25, 0.3) is 0 Å². The Kier molecular flexibility index (Phi) is 3.75. The first-order chi connectivity index (χ1) is 8.16. The fourth-order valence-electron chi connectivity index (χ4n) is 1.33. The molecule has 4 nitrogen and oxygen atoms in total. The van der Waals surface area contributed by atoms with Crippen LogP contribution < -0.4 is 0 Å². The largest absolute Gasteiger partial charge is 0.478 e. The zero-order chi connectivity index (χ0) is 12.3. The first-order valence-corrected chi connectivity index (χ1v) is 6.67. The van der Waals surface area contributed by atoms with Crippen molar-refractivity contribution in [1.82, 2.24) is 9.36 Å². The van der Waals surface area contributed by atoms with E-state index in [0.717, 1.165) is 15.7 Å². The third-order valence-electron chi connectivity index (χ3n) is 2.11. The lowest BCUT2D eigenvalue weighted by atomic mass is 10.1. The van der Waals surface area contributed by atoms with Crippen LogP contribution in [0.15, 0.2) is 28.6 Å². The second-order valence-electron chi connectivity index (χ2n) is 3.36. The Morgan fingerprint density at radius 1 is 1.47 bits per heavy atom. The van der Waals surface area contributed by atoms with Gasteiger partial charge in [-0.2, -0.15) is 4.37 Å². The van der Waals surface area contributed by atoms with Crippen LogP contribution in [-0.2, 0) is 5.75 Å². The zero-order valence-electron chi connectivity index (χ0n) is 9.08. The molecule has 0 aliphatic heterocycles. The van der Waals surface area contributed by atoms with Crippen molar-refractivity contribution in [3.05, 3.63) is 41.2 Å². The van der Waals surface area contributed by atoms with Gasteiger partial charge < -0.3 is 5.11 Å². The van der Waals surface area contributed by atoms with E-state index in [1.165, 1.54) is 23.3 Å². The van der Waals surface area contributed by atoms with Crippen molar-refractivity contribution in [3.63, 3.8) is 0 Å². The molecular weight excluding hydrogens is 256 g/mol. The quantitative estimate of drug-likeness (QED) is 0.862. The summed E-state index contributed by atoms with van der Waals surface area (Å²) in [5.74, 6) is 0.454. The van der Waals surface area contributed by atoms with E-state index in [1.54, 1.807) is 12.1 Å². The maximum Gasteiger partial charge on any atom is 0.335 e. The number of nitrogens with zero attached hydrogens (tertiary/aromatic N) is 2. The molecule has 0 bridgehead atoms. The van der Waals surface area contributed by atoms with Gasteiger partial charge in [-0.1, -0.05) is 30.0 Å². The van der Waals surface area contributed by atoms with Gasteiger partial charge in [0, 0.05) is 5.75 Å². The summed E-state index contributed by atoms with van der Waals surface area (Å²) in [7, 11) is 0. The van der Waals surface area contributed by atoms with E-state index in [4.69, 9.17) is 5.11 Å². The van der Waals surface area contributed by atoms with Crippen LogP contribution in [0, 0.1) is 6.92 Å². The summed E-state index contributed by atoms with van der Waals surface area (Å²) in [5.41, 5.74) is 1.15. The van der Waals surface area contributed by atoms with Crippen molar-refractivity contribution in [3.8, 4) is 0 Å². The number of hydrogen-bond acceptors (Lipinski definition) is 5. The molecule has 0 radical (unpaired) electrons. The van der Waals surface area contributed by atoms with Crippen molar-refractivity contribution in [2.75, 3.05) is 0 Å². The minimum absolute atomic E-state index is 0.348. The number of aromatic carboxylic acids is 1. The summed E-state index contributed by atoms with van der Waals surface area (Å²) in [6.07, 6.45) is 0. The van der Waals surface area contributed by atoms with E-state index < -0.39 is 5.97 Å². The van der Waals surface area contributed by atoms with Gasteiger partial charge in [0.15, 0.2) is 4.34 Å². The van der Waals surface area contributed by atoms with Crippen LogP contribution >= 0.6 is 23.3 Å². The van der Waals surface area contributed by atoms with E-state index in [-0.39, 0.29) is 0 Å². The Hall–Kier alpha value is -1.40. The molecule has 0 fully saturated rings. The van der Waals surface area contributed by atoms with Gasteiger partial charge in [-0.3, -0.25) is 0 Å². The van der Waals surface area contributed by atoms with Crippen molar-refractivity contribution in [2.24, 2.45) is 0 Å². The van der Waals surface area contributed by atoms with Crippen LogP contribution in [-0.4, -0.2) is 20.4 Å². The van der Waals surface area contributed by atoms with Crippen molar-refractivity contribution in [2.45, 2.75) is 17.0 Å². The lowest BCUT2D eigenvalue weighted by Gasteiger charge is -2.03. The summed E-state index contributed by atoms with van der Waals surface area (Å²) in [5, 5.41) is 9.03. The van der Waals surface area contributed by atoms with Crippen molar-refractivity contribution >= 4 is 29.3 Å². The highest BCUT2D eigenvalue weighted by molar-refractivity contribution is 8.00. The second kappa shape index (κ2) is 5.29. The molecule has 0 amide bonds. The van der Waals surface area contributed by atoms with E-state index in [2.05, 4.69) is 9.36 Å². The number of rotatable bonds is 4. The molecule has 88 valence electrons. The molecule has 2 rings (SSSR count). The molecule has 0 aliphatic carbocycles. The predicted molar refractivity (Wildman–Crippen MR) is 67.6 cm³/mol. The van der Waals surface area contributed by atoms with Crippen LogP contribution in [0.4, 0.5) is 0 Å². The maximum atomic E-state index is 11.0. The highest BCUT2D eigenvalue weighted by atomic mass is 32.2. The van der Waals surface area contributed by atoms with Crippen molar-refractivity contribution in [1.29, 1.82) is 0 Å². The maximum absolute atomic E-state index is 11.0. The molecule has 0 aliphatic rings.